The summed E-state index contributed by atoms with van der Waals surface area (Å²) < 4.78 is 0. The van der Waals surface area contributed by atoms with E-state index in [1.54, 1.807) is 12.1 Å². The predicted octanol–water partition coefficient (Wildman–Crippen LogP) is 6.43. The van der Waals surface area contributed by atoms with Crippen molar-refractivity contribution in [2.24, 2.45) is 5.41 Å². The van der Waals surface area contributed by atoms with Gasteiger partial charge in [0.25, 0.3) is 0 Å². The minimum atomic E-state index is -0.897. The molecule has 0 spiro atoms. The molecule has 1 N–H and O–H groups in total. The van der Waals surface area contributed by atoms with Crippen LogP contribution in [0.5, 0.6) is 0 Å². The molecule has 1 aliphatic rings. The highest BCUT2D eigenvalue weighted by Crippen LogP contribution is 2.40. The fourth-order valence-electron chi connectivity index (χ4n) is 3.33. The average Bonchev–Trinajstić information content (AvgIpc) is 2.54. The number of allylic oxidation sites excluding steroid dienone is 7. The van der Waals surface area contributed by atoms with E-state index in [0.717, 1.165) is 5.56 Å². The number of carboxylic acid groups (broad SMARTS) is 1. The van der Waals surface area contributed by atoms with Crippen LogP contribution in [-0.4, -0.2) is 11.1 Å². The van der Waals surface area contributed by atoms with Crippen molar-refractivity contribution in [1.82, 2.24) is 0 Å². The second-order valence-corrected chi connectivity index (χ2v) is 7.46. The normalized spacial score (nSPS) is 18.3. The van der Waals surface area contributed by atoms with Crippen molar-refractivity contribution >= 4 is 12.0 Å². The maximum absolute atomic E-state index is 10.8. The van der Waals surface area contributed by atoms with Gasteiger partial charge in [0, 0.05) is 0 Å². The Kier molecular flexibility index (Phi) is 6.19. The monoisotopic (exact) mass is 336 g/mol. The van der Waals surface area contributed by atoms with Crippen molar-refractivity contribution in [3.63, 3.8) is 0 Å². The first-order chi connectivity index (χ1) is 11.8. The Bertz CT molecular complexity index is 741. The van der Waals surface area contributed by atoms with Gasteiger partial charge in [0.1, 0.15) is 0 Å². The van der Waals surface area contributed by atoms with Crippen LogP contribution in [0.4, 0.5) is 0 Å². The number of rotatable bonds is 5. The molecule has 0 atom stereocenters. The highest BCUT2D eigenvalue weighted by Gasteiger charge is 2.26. The maximum Gasteiger partial charge on any atom is 0.335 e. The molecule has 0 amide bonds. The van der Waals surface area contributed by atoms with E-state index in [0.29, 0.717) is 5.56 Å². The molecule has 1 aliphatic carbocycles. The zero-order valence-corrected chi connectivity index (χ0v) is 15.7. The van der Waals surface area contributed by atoms with Crippen molar-refractivity contribution in [2.45, 2.75) is 47.0 Å². The zero-order chi connectivity index (χ0) is 18.4. The molecule has 2 nitrogen and oxygen atoms in total. The van der Waals surface area contributed by atoms with E-state index in [1.165, 1.54) is 36.0 Å². The lowest BCUT2D eigenvalue weighted by molar-refractivity contribution is 0.0697. The summed E-state index contributed by atoms with van der Waals surface area (Å²) in [4.78, 5) is 10.8. The number of hydrogen-bond acceptors (Lipinski definition) is 1. The molecule has 1 aromatic carbocycles. The molecule has 0 bridgehead atoms. The van der Waals surface area contributed by atoms with Crippen LogP contribution < -0.4 is 0 Å². The summed E-state index contributed by atoms with van der Waals surface area (Å²) in [6.45, 7) is 9.00. The fraction of sp³-hybridized carbons (Fsp3) is 0.348. The summed E-state index contributed by atoms with van der Waals surface area (Å²) in [6, 6.07) is 6.88. The quantitative estimate of drug-likeness (QED) is 0.629. The predicted molar refractivity (Wildman–Crippen MR) is 106 cm³/mol. The minimum absolute atomic E-state index is 0.265. The van der Waals surface area contributed by atoms with Crippen LogP contribution in [0.1, 0.15) is 62.9 Å². The van der Waals surface area contributed by atoms with E-state index in [4.69, 9.17) is 5.11 Å². The summed E-state index contributed by atoms with van der Waals surface area (Å²) in [6.07, 6.45) is 14.3. The second-order valence-electron chi connectivity index (χ2n) is 7.46. The van der Waals surface area contributed by atoms with Crippen molar-refractivity contribution in [1.29, 1.82) is 0 Å². The van der Waals surface area contributed by atoms with Crippen LogP contribution in [0.15, 0.2) is 65.3 Å². The van der Waals surface area contributed by atoms with Crippen molar-refractivity contribution in [3.05, 3.63) is 76.4 Å². The zero-order valence-electron chi connectivity index (χ0n) is 15.7. The van der Waals surface area contributed by atoms with E-state index in [2.05, 4.69) is 45.9 Å². The molecule has 0 radical (unpaired) electrons. The van der Waals surface area contributed by atoms with Crippen LogP contribution in [-0.2, 0) is 0 Å². The van der Waals surface area contributed by atoms with Gasteiger partial charge in [-0.05, 0) is 61.8 Å². The van der Waals surface area contributed by atoms with Crippen LogP contribution in [0, 0.1) is 5.41 Å². The number of aromatic carboxylic acids is 1. The molecule has 1 aromatic rings. The van der Waals surface area contributed by atoms with Gasteiger partial charge in [0.05, 0.1) is 5.56 Å². The summed E-state index contributed by atoms with van der Waals surface area (Å²) in [5, 5.41) is 8.91. The van der Waals surface area contributed by atoms with E-state index in [1.807, 2.05) is 24.3 Å². The van der Waals surface area contributed by atoms with E-state index >= 15 is 0 Å². The van der Waals surface area contributed by atoms with Crippen LogP contribution in [0.2, 0.25) is 0 Å². The lowest BCUT2D eigenvalue weighted by Crippen LogP contribution is -2.19. The molecule has 132 valence electrons. The van der Waals surface area contributed by atoms with Gasteiger partial charge in [-0.3, -0.25) is 0 Å². The third-order valence-electron chi connectivity index (χ3n) is 4.86. The molecular formula is C23H28O2. The maximum atomic E-state index is 10.8. The first kappa shape index (κ1) is 19.0. The highest BCUT2D eigenvalue weighted by molar-refractivity contribution is 5.87. The Morgan fingerprint density at radius 3 is 2.44 bits per heavy atom. The van der Waals surface area contributed by atoms with Crippen LogP contribution >= 0.6 is 0 Å². The number of carboxylic acids is 1. The summed E-state index contributed by atoms with van der Waals surface area (Å²) in [5.74, 6) is -0.897. The molecule has 2 heteroatoms. The van der Waals surface area contributed by atoms with E-state index in [-0.39, 0.29) is 5.41 Å². The van der Waals surface area contributed by atoms with Gasteiger partial charge in [-0.15, -0.1) is 0 Å². The fourth-order valence-corrected chi connectivity index (χ4v) is 3.33. The van der Waals surface area contributed by atoms with E-state index < -0.39 is 5.97 Å². The molecule has 0 saturated heterocycles. The molecule has 0 fully saturated rings. The molecular weight excluding hydrogens is 308 g/mol. The first-order valence-corrected chi connectivity index (χ1v) is 8.86. The smallest absolute Gasteiger partial charge is 0.335 e. The standard InChI is InChI=1S/C23H28O2/c1-17(10-15-21-18(2)8-6-16-23(21,3)4)7-5-9-19-11-13-20(14-12-19)22(24)25/h5,7,9-15H,6,8,16H2,1-4H3,(H,24,25)/b9-5-,15-10-,17-7-. The highest BCUT2D eigenvalue weighted by atomic mass is 16.4. The lowest BCUT2D eigenvalue weighted by atomic mass is 9.72. The van der Waals surface area contributed by atoms with Crippen LogP contribution in [0.25, 0.3) is 6.08 Å². The number of hydrogen-bond donors (Lipinski definition) is 1. The third-order valence-corrected chi connectivity index (χ3v) is 4.86. The average molecular weight is 336 g/mol. The molecule has 25 heavy (non-hydrogen) atoms. The number of carbonyl (C=O) groups is 1. The van der Waals surface area contributed by atoms with Crippen LogP contribution in [0.3, 0.4) is 0 Å². The number of benzene rings is 1. The van der Waals surface area contributed by atoms with Gasteiger partial charge in [0.15, 0.2) is 0 Å². The Balaban J connectivity index is 2.05. The topological polar surface area (TPSA) is 37.3 Å². The molecule has 0 heterocycles. The molecule has 0 aromatic heterocycles. The Morgan fingerprint density at radius 2 is 1.84 bits per heavy atom. The van der Waals surface area contributed by atoms with E-state index in [9.17, 15) is 4.79 Å². The first-order valence-electron chi connectivity index (χ1n) is 8.86. The van der Waals surface area contributed by atoms with Gasteiger partial charge in [-0.1, -0.05) is 67.5 Å². The van der Waals surface area contributed by atoms with Crippen molar-refractivity contribution in [3.8, 4) is 0 Å². The minimum Gasteiger partial charge on any atom is -0.478 e. The molecule has 2 rings (SSSR count). The Morgan fingerprint density at radius 1 is 1.16 bits per heavy atom. The van der Waals surface area contributed by atoms with Gasteiger partial charge in [-0.25, -0.2) is 4.79 Å². The van der Waals surface area contributed by atoms with Gasteiger partial charge >= 0.3 is 5.97 Å². The van der Waals surface area contributed by atoms with Crippen molar-refractivity contribution in [2.75, 3.05) is 0 Å². The third kappa shape index (κ3) is 5.32. The van der Waals surface area contributed by atoms with Gasteiger partial charge < -0.3 is 5.11 Å². The molecule has 0 aliphatic heterocycles. The molecule has 0 saturated carbocycles. The SMILES string of the molecule is CC1=C(\C=C/C(C)=C\C=C/c2ccc(C(=O)O)cc2)C(C)(C)CCC1. The Labute approximate surface area is 151 Å². The van der Waals surface area contributed by atoms with Gasteiger partial charge in [0.2, 0.25) is 0 Å². The summed E-state index contributed by atoms with van der Waals surface area (Å²) in [5.41, 5.74) is 5.74. The van der Waals surface area contributed by atoms with Crippen molar-refractivity contribution < 1.29 is 9.90 Å². The van der Waals surface area contributed by atoms with Gasteiger partial charge in [-0.2, -0.15) is 0 Å². The Hall–Kier alpha value is -2.35. The molecule has 0 unspecified atom stereocenters. The lowest BCUT2D eigenvalue weighted by Gasteiger charge is -2.32. The summed E-state index contributed by atoms with van der Waals surface area (Å²) >= 11 is 0. The second kappa shape index (κ2) is 8.15. The largest absolute Gasteiger partial charge is 0.478 e. The summed E-state index contributed by atoms with van der Waals surface area (Å²) in [7, 11) is 0.